The average Bonchev–Trinajstić information content (AvgIpc) is 3.14. The Balaban J connectivity index is 1.48. The summed E-state index contributed by atoms with van der Waals surface area (Å²) in [5.74, 6) is 0.705. The van der Waals surface area contributed by atoms with Gasteiger partial charge in [-0.05, 0) is 31.4 Å². The number of ether oxygens (including phenoxy) is 1. The lowest BCUT2D eigenvalue weighted by molar-refractivity contribution is 0.150. The molecule has 3 rings (SSSR count). The monoisotopic (exact) mass is 315 g/mol. The summed E-state index contributed by atoms with van der Waals surface area (Å²) in [6.07, 6.45) is 10.1. The molecule has 0 bridgehead atoms. The fraction of sp³-hybridized carbons (Fsp3) is 0.438. The van der Waals surface area contributed by atoms with Crippen molar-refractivity contribution >= 4 is 6.03 Å². The number of carbonyl (C=O) groups is 1. The zero-order valence-electron chi connectivity index (χ0n) is 12.9. The van der Waals surface area contributed by atoms with Gasteiger partial charge in [0.1, 0.15) is 12.4 Å². The topological polar surface area (TPSA) is 83.1 Å². The molecule has 2 amide bonds. The minimum atomic E-state index is -0.0503. The van der Waals surface area contributed by atoms with Crippen LogP contribution in [0.3, 0.4) is 0 Å². The second-order valence-electron chi connectivity index (χ2n) is 5.51. The number of aromatic nitrogens is 3. The van der Waals surface area contributed by atoms with Crippen molar-refractivity contribution in [1.29, 1.82) is 0 Å². The van der Waals surface area contributed by atoms with Gasteiger partial charge in [0, 0.05) is 24.5 Å². The maximum atomic E-state index is 12.4. The summed E-state index contributed by atoms with van der Waals surface area (Å²) in [6, 6.07) is 3.71. The highest BCUT2D eigenvalue weighted by atomic mass is 16.5. The van der Waals surface area contributed by atoms with Gasteiger partial charge in [0.25, 0.3) is 0 Å². The first kappa shape index (κ1) is 15.3. The van der Waals surface area contributed by atoms with Crippen molar-refractivity contribution in [3.8, 4) is 5.75 Å². The first-order chi connectivity index (χ1) is 11.3. The van der Waals surface area contributed by atoms with Gasteiger partial charge in [0.15, 0.2) is 0 Å². The Morgan fingerprint density at radius 3 is 3.17 bits per heavy atom. The lowest BCUT2D eigenvalue weighted by atomic mass is 9.98. The van der Waals surface area contributed by atoms with Crippen molar-refractivity contribution in [1.82, 2.24) is 25.4 Å². The van der Waals surface area contributed by atoms with Crippen LogP contribution in [0.1, 0.15) is 30.9 Å². The molecule has 1 unspecified atom stereocenters. The summed E-state index contributed by atoms with van der Waals surface area (Å²) in [5.41, 5.74) is 1.06. The maximum absolute atomic E-state index is 12.4. The fourth-order valence-corrected chi connectivity index (χ4v) is 2.83. The van der Waals surface area contributed by atoms with E-state index in [4.69, 9.17) is 4.74 Å². The molecule has 0 saturated carbocycles. The number of nitrogens with zero attached hydrogens (tertiary/aromatic N) is 3. The van der Waals surface area contributed by atoms with Crippen molar-refractivity contribution in [2.75, 3.05) is 19.7 Å². The van der Waals surface area contributed by atoms with Crippen molar-refractivity contribution in [2.45, 2.75) is 25.3 Å². The SMILES string of the molecule is O=C(NCCOc1cccnc1)N1CCCCC1c1cn[nH]c1. The van der Waals surface area contributed by atoms with Crippen LogP contribution in [0.4, 0.5) is 4.79 Å². The summed E-state index contributed by atoms with van der Waals surface area (Å²) in [5, 5.41) is 9.74. The van der Waals surface area contributed by atoms with Crippen LogP contribution in [0.5, 0.6) is 5.75 Å². The van der Waals surface area contributed by atoms with Gasteiger partial charge in [-0.3, -0.25) is 10.1 Å². The second kappa shape index (κ2) is 7.62. The summed E-state index contributed by atoms with van der Waals surface area (Å²) in [4.78, 5) is 18.3. The molecule has 1 aliphatic heterocycles. The molecule has 1 saturated heterocycles. The smallest absolute Gasteiger partial charge is 0.318 e. The third-order valence-corrected chi connectivity index (χ3v) is 3.95. The molecule has 2 aromatic heterocycles. The van der Waals surface area contributed by atoms with Gasteiger partial charge in [0.05, 0.1) is 25.0 Å². The van der Waals surface area contributed by atoms with Crippen LogP contribution < -0.4 is 10.1 Å². The maximum Gasteiger partial charge on any atom is 0.318 e. The van der Waals surface area contributed by atoms with E-state index in [1.54, 1.807) is 18.6 Å². The zero-order valence-corrected chi connectivity index (χ0v) is 12.9. The predicted octanol–water partition coefficient (Wildman–Crippen LogP) is 2.12. The van der Waals surface area contributed by atoms with E-state index in [9.17, 15) is 4.79 Å². The molecule has 2 N–H and O–H groups in total. The first-order valence-electron chi connectivity index (χ1n) is 7.90. The van der Waals surface area contributed by atoms with Crippen molar-refractivity contribution < 1.29 is 9.53 Å². The number of carbonyl (C=O) groups excluding carboxylic acids is 1. The van der Waals surface area contributed by atoms with Crippen LogP contribution in [0.15, 0.2) is 36.9 Å². The molecule has 0 radical (unpaired) electrons. The highest BCUT2D eigenvalue weighted by Crippen LogP contribution is 2.30. The van der Waals surface area contributed by atoms with Crippen molar-refractivity contribution in [2.24, 2.45) is 0 Å². The standard InChI is InChI=1S/C16H21N5O2/c22-16(18-7-9-23-14-4-3-6-17-12-14)21-8-2-1-5-15(21)13-10-19-20-11-13/h3-4,6,10-12,15H,1-2,5,7-9H2,(H,18,22)(H,19,20). The van der Waals surface area contributed by atoms with Gasteiger partial charge >= 0.3 is 6.03 Å². The number of rotatable bonds is 5. The second-order valence-corrected chi connectivity index (χ2v) is 5.51. The molecule has 7 heteroatoms. The number of nitrogens with one attached hydrogen (secondary N) is 2. The van der Waals surface area contributed by atoms with Crippen LogP contribution in [0.25, 0.3) is 0 Å². The van der Waals surface area contributed by atoms with Gasteiger partial charge in [-0.25, -0.2) is 4.79 Å². The molecule has 1 fully saturated rings. The molecule has 23 heavy (non-hydrogen) atoms. The molecule has 0 aromatic carbocycles. The number of amides is 2. The Morgan fingerprint density at radius 2 is 2.39 bits per heavy atom. The lowest BCUT2D eigenvalue weighted by Crippen LogP contribution is -2.45. The van der Waals surface area contributed by atoms with E-state index in [0.717, 1.165) is 31.4 Å². The van der Waals surface area contributed by atoms with Crippen molar-refractivity contribution in [3.05, 3.63) is 42.5 Å². The molecule has 7 nitrogen and oxygen atoms in total. The number of aromatic amines is 1. The Kier molecular flexibility index (Phi) is 5.08. The van der Waals surface area contributed by atoms with Crippen LogP contribution in [0.2, 0.25) is 0 Å². The molecular weight excluding hydrogens is 294 g/mol. The number of H-pyrrole nitrogens is 1. The van der Waals surface area contributed by atoms with E-state index in [0.29, 0.717) is 18.9 Å². The van der Waals surface area contributed by atoms with E-state index in [-0.39, 0.29) is 12.1 Å². The van der Waals surface area contributed by atoms with E-state index < -0.39 is 0 Å². The van der Waals surface area contributed by atoms with Crippen LogP contribution in [-0.4, -0.2) is 45.8 Å². The Morgan fingerprint density at radius 1 is 1.43 bits per heavy atom. The normalized spacial score (nSPS) is 17.7. The molecule has 122 valence electrons. The van der Waals surface area contributed by atoms with Crippen molar-refractivity contribution in [3.63, 3.8) is 0 Å². The van der Waals surface area contributed by atoms with Gasteiger partial charge < -0.3 is 15.0 Å². The summed E-state index contributed by atoms with van der Waals surface area (Å²) < 4.78 is 5.53. The molecule has 3 heterocycles. The molecule has 1 atom stereocenters. The van der Waals surface area contributed by atoms with Crippen LogP contribution in [0, 0.1) is 0 Å². The van der Waals surface area contributed by atoms with E-state index >= 15 is 0 Å². The Labute approximate surface area is 135 Å². The number of hydrogen-bond acceptors (Lipinski definition) is 4. The third-order valence-electron chi connectivity index (χ3n) is 3.95. The number of piperidine rings is 1. The molecule has 2 aromatic rings. The average molecular weight is 315 g/mol. The Hall–Kier alpha value is -2.57. The minimum absolute atomic E-state index is 0.0503. The number of hydrogen-bond donors (Lipinski definition) is 2. The highest BCUT2D eigenvalue weighted by Gasteiger charge is 2.28. The van der Waals surface area contributed by atoms with Gasteiger partial charge in [-0.15, -0.1) is 0 Å². The first-order valence-corrected chi connectivity index (χ1v) is 7.90. The third kappa shape index (κ3) is 4.00. The predicted molar refractivity (Wildman–Crippen MR) is 85.0 cm³/mol. The lowest BCUT2D eigenvalue weighted by Gasteiger charge is -2.35. The highest BCUT2D eigenvalue weighted by molar-refractivity contribution is 5.74. The van der Waals surface area contributed by atoms with Gasteiger partial charge in [0.2, 0.25) is 0 Å². The fourth-order valence-electron chi connectivity index (χ4n) is 2.83. The Bertz CT molecular complexity index is 602. The quantitative estimate of drug-likeness (QED) is 0.828. The largest absolute Gasteiger partial charge is 0.490 e. The summed E-state index contributed by atoms with van der Waals surface area (Å²) in [6.45, 7) is 1.65. The molecule has 0 aliphatic carbocycles. The molecule has 0 spiro atoms. The van der Waals surface area contributed by atoms with Gasteiger partial charge in [-0.1, -0.05) is 0 Å². The van der Waals surface area contributed by atoms with E-state index in [1.165, 1.54) is 0 Å². The molecular formula is C16H21N5O2. The summed E-state index contributed by atoms with van der Waals surface area (Å²) >= 11 is 0. The zero-order chi connectivity index (χ0) is 15.9. The summed E-state index contributed by atoms with van der Waals surface area (Å²) in [7, 11) is 0. The van der Waals surface area contributed by atoms with Gasteiger partial charge in [-0.2, -0.15) is 5.10 Å². The number of urea groups is 1. The number of pyridine rings is 1. The molecule has 1 aliphatic rings. The van der Waals surface area contributed by atoms with Crippen LogP contribution >= 0.6 is 0 Å². The van der Waals surface area contributed by atoms with E-state index in [2.05, 4.69) is 20.5 Å². The minimum Gasteiger partial charge on any atom is -0.490 e. The van der Waals surface area contributed by atoms with Crippen LogP contribution in [-0.2, 0) is 0 Å². The van der Waals surface area contributed by atoms with E-state index in [1.807, 2.05) is 23.2 Å². The number of likely N-dealkylation sites (tertiary alicyclic amines) is 1.